The molecule has 2 saturated heterocycles. The van der Waals surface area contributed by atoms with Crippen LogP contribution in [0.5, 0.6) is 17.2 Å². The van der Waals surface area contributed by atoms with Gasteiger partial charge in [-0.3, -0.25) is 0 Å². The summed E-state index contributed by atoms with van der Waals surface area (Å²) in [7, 11) is 3.18. The maximum atomic E-state index is 6.63. The van der Waals surface area contributed by atoms with E-state index in [1.807, 2.05) is 54.6 Å². The van der Waals surface area contributed by atoms with Crippen LogP contribution in [0.25, 0.3) is 10.9 Å². The highest BCUT2D eigenvalue weighted by atomic mass is 35.5. The minimum Gasteiger partial charge on any atom is -0.493 e. The van der Waals surface area contributed by atoms with Gasteiger partial charge < -0.3 is 33.7 Å². The van der Waals surface area contributed by atoms with Gasteiger partial charge in [0.25, 0.3) is 0 Å². The Bertz CT molecular complexity index is 1460. The first-order valence-electron chi connectivity index (χ1n) is 12.6. The molecule has 39 heavy (non-hydrogen) atoms. The van der Waals surface area contributed by atoms with Gasteiger partial charge in [0, 0.05) is 17.1 Å². The highest BCUT2D eigenvalue weighted by Gasteiger charge is 2.49. The van der Waals surface area contributed by atoms with E-state index in [1.54, 1.807) is 20.3 Å². The standard InChI is InChI=1S/C29H28ClN3O6/c1-34-23-11-19-21(12-24(23)35-2)31-16-32-29(19)33-18-8-9-22(20(30)10-18)39-26-15-38-27-25(14-37-28(26)27)36-13-17-6-4-3-5-7-17/h3-12,16,25-28H,13-15H2,1-2H3,(H,31,32,33)/t25?,26-,27+,28+/m0/s1. The fourth-order valence-electron chi connectivity index (χ4n) is 4.91. The van der Waals surface area contributed by atoms with E-state index >= 15 is 0 Å². The molecule has 10 heteroatoms. The van der Waals surface area contributed by atoms with Crippen LogP contribution < -0.4 is 19.5 Å². The van der Waals surface area contributed by atoms with Gasteiger partial charge in [-0.2, -0.15) is 0 Å². The summed E-state index contributed by atoms with van der Waals surface area (Å²) in [4.78, 5) is 8.76. The second-order valence-electron chi connectivity index (χ2n) is 9.30. The van der Waals surface area contributed by atoms with Gasteiger partial charge in [0.2, 0.25) is 0 Å². The highest BCUT2D eigenvalue weighted by Crippen LogP contribution is 2.37. The summed E-state index contributed by atoms with van der Waals surface area (Å²) < 4.78 is 35.2. The monoisotopic (exact) mass is 549 g/mol. The van der Waals surface area contributed by atoms with E-state index in [1.165, 1.54) is 6.33 Å². The number of anilines is 2. The Kier molecular flexibility index (Phi) is 7.38. The molecule has 0 bridgehead atoms. The number of rotatable bonds is 9. The molecule has 3 heterocycles. The van der Waals surface area contributed by atoms with Gasteiger partial charge in [0.1, 0.15) is 36.2 Å². The maximum absolute atomic E-state index is 6.63. The Hall–Kier alpha value is -3.63. The smallest absolute Gasteiger partial charge is 0.162 e. The van der Waals surface area contributed by atoms with Crippen LogP contribution >= 0.6 is 11.6 Å². The quantitative estimate of drug-likeness (QED) is 0.303. The minimum atomic E-state index is -0.287. The van der Waals surface area contributed by atoms with E-state index in [-0.39, 0.29) is 24.4 Å². The molecule has 0 radical (unpaired) electrons. The Morgan fingerprint density at radius 2 is 1.62 bits per heavy atom. The number of aromatic nitrogens is 2. The van der Waals surface area contributed by atoms with Crippen molar-refractivity contribution in [1.82, 2.24) is 9.97 Å². The van der Waals surface area contributed by atoms with E-state index in [0.717, 1.165) is 22.2 Å². The van der Waals surface area contributed by atoms with Crippen LogP contribution in [0.2, 0.25) is 5.02 Å². The summed E-state index contributed by atoms with van der Waals surface area (Å²) in [6.07, 6.45) is 0.654. The molecule has 3 aromatic carbocycles. The van der Waals surface area contributed by atoms with Crippen LogP contribution in [0.3, 0.4) is 0 Å². The van der Waals surface area contributed by atoms with E-state index < -0.39 is 0 Å². The molecule has 6 rings (SSSR count). The lowest BCUT2D eigenvalue weighted by Gasteiger charge is -2.19. The van der Waals surface area contributed by atoms with E-state index in [9.17, 15) is 0 Å². The average molecular weight is 550 g/mol. The SMILES string of the molecule is COc1cc2ncnc(Nc3ccc(O[C@H]4CO[C@@H]5C(OCc6ccccc6)CO[C@H]45)c(Cl)c3)c2cc1OC. The van der Waals surface area contributed by atoms with Crippen LogP contribution in [0.1, 0.15) is 5.56 Å². The van der Waals surface area contributed by atoms with Crippen molar-refractivity contribution >= 4 is 34.0 Å². The van der Waals surface area contributed by atoms with Crippen LogP contribution in [0.4, 0.5) is 11.5 Å². The molecule has 0 saturated carbocycles. The second-order valence-corrected chi connectivity index (χ2v) is 9.71. The average Bonchev–Trinajstić information content (AvgIpc) is 3.56. The summed E-state index contributed by atoms with van der Waals surface area (Å²) in [6, 6.07) is 19.2. The predicted octanol–water partition coefficient (Wildman–Crippen LogP) is 5.17. The molecule has 0 spiro atoms. The Labute approximate surface area is 230 Å². The minimum absolute atomic E-state index is 0.146. The van der Waals surface area contributed by atoms with Crippen LogP contribution in [0, 0.1) is 0 Å². The van der Waals surface area contributed by atoms with Crippen molar-refractivity contribution in [3.8, 4) is 17.2 Å². The summed E-state index contributed by atoms with van der Waals surface area (Å²) >= 11 is 6.63. The van der Waals surface area contributed by atoms with Crippen LogP contribution in [0.15, 0.2) is 67.0 Å². The Morgan fingerprint density at radius 1 is 0.872 bits per heavy atom. The molecule has 202 valence electrons. The van der Waals surface area contributed by atoms with Crippen LogP contribution in [-0.4, -0.2) is 61.8 Å². The summed E-state index contributed by atoms with van der Waals surface area (Å²) in [5.41, 5.74) is 2.57. The van der Waals surface area contributed by atoms with E-state index in [0.29, 0.717) is 47.9 Å². The molecule has 2 fully saturated rings. The van der Waals surface area contributed by atoms with Crippen molar-refractivity contribution in [3.05, 3.63) is 77.6 Å². The Balaban J connectivity index is 1.12. The van der Waals surface area contributed by atoms with Crippen molar-refractivity contribution in [2.45, 2.75) is 31.0 Å². The first kappa shape index (κ1) is 25.6. The number of hydrogen-bond donors (Lipinski definition) is 1. The number of hydrogen-bond acceptors (Lipinski definition) is 9. The molecule has 0 aliphatic carbocycles. The fourth-order valence-corrected chi connectivity index (χ4v) is 5.13. The van der Waals surface area contributed by atoms with Gasteiger partial charge in [0.15, 0.2) is 17.6 Å². The second kappa shape index (κ2) is 11.2. The normalized spacial score (nSPS) is 22.0. The highest BCUT2D eigenvalue weighted by molar-refractivity contribution is 6.32. The lowest BCUT2D eigenvalue weighted by atomic mass is 10.1. The third-order valence-corrected chi connectivity index (χ3v) is 7.18. The molecule has 2 aliphatic heterocycles. The molecule has 2 aliphatic rings. The number of nitrogens with zero attached hydrogens (tertiary/aromatic N) is 2. The van der Waals surface area contributed by atoms with Crippen molar-refractivity contribution in [2.24, 2.45) is 0 Å². The molecule has 1 N–H and O–H groups in total. The lowest BCUT2D eigenvalue weighted by Crippen LogP contribution is -2.35. The van der Waals surface area contributed by atoms with Gasteiger partial charge >= 0.3 is 0 Å². The molecule has 1 unspecified atom stereocenters. The number of ether oxygens (including phenoxy) is 6. The third-order valence-electron chi connectivity index (χ3n) is 6.88. The summed E-state index contributed by atoms with van der Waals surface area (Å²) in [5.74, 6) is 2.34. The Morgan fingerprint density at radius 3 is 2.38 bits per heavy atom. The summed E-state index contributed by atoms with van der Waals surface area (Å²) in [6.45, 7) is 1.37. The number of nitrogens with one attached hydrogen (secondary N) is 1. The molecule has 4 aromatic rings. The van der Waals surface area contributed by atoms with Gasteiger partial charge in [-0.1, -0.05) is 41.9 Å². The van der Waals surface area contributed by atoms with Gasteiger partial charge in [-0.05, 0) is 29.8 Å². The number of benzene rings is 3. The molecular weight excluding hydrogens is 522 g/mol. The number of halogens is 1. The van der Waals surface area contributed by atoms with E-state index in [4.69, 9.17) is 40.0 Å². The zero-order valence-electron chi connectivity index (χ0n) is 21.5. The first-order valence-corrected chi connectivity index (χ1v) is 13.0. The lowest BCUT2D eigenvalue weighted by molar-refractivity contribution is -0.0425. The van der Waals surface area contributed by atoms with Crippen LogP contribution in [-0.2, 0) is 20.8 Å². The fraction of sp³-hybridized carbons (Fsp3) is 0.310. The predicted molar refractivity (Wildman–Crippen MR) is 146 cm³/mol. The zero-order chi connectivity index (χ0) is 26.8. The van der Waals surface area contributed by atoms with Crippen molar-refractivity contribution in [3.63, 3.8) is 0 Å². The molecule has 4 atom stereocenters. The zero-order valence-corrected chi connectivity index (χ0v) is 22.3. The molecule has 0 amide bonds. The number of fused-ring (bicyclic) bond motifs is 2. The van der Waals surface area contributed by atoms with Crippen molar-refractivity contribution < 1.29 is 28.4 Å². The molecule has 1 aromatic heterocycles. The van der Waals surface area contributed by atoms with Crippen molar-refractivity contribution in [2.75, 3.05) is 32.8 Å². The maximum Gasteiger partial charge on any atom is 0.162 e. The molecular formula is C29H28ClN3O6. The number of methoxy groups -OCH3 is 2. The van der Waals surface area contributed by atoms with Gasteiger partial charge in [0.05, 0.1) is 44.6 Å². The summed E-state index contributed by atoms with van der Waals surface area (Å²) in [5, 5.41) is 4.55. The largest absolute Gasteiger partial charge is 0.493 e. The van der Waals surface area contributed by atoms with Crippen molar-refractivity contribution in [1.29, 1.82) is 0 Å². The van der Waals surface area contributed by atoms with Gasteiger partial charge in [-0.25, -0.2) is 9.97 Å². The first-order chi connectivity index (χ1) is 19.1. The van der Waals surface area contributed by atoms with Gasteiger partial charge in [-0.15, -0.1) is 0 Å². The topological polar surface area (TPSA) is 93.2 Å². The van der Waals surface area contributed by atoms with E-state index in [2.05, 4.69) is 15.3 Å². The molecule has 9 nitrogen and oxygen atoms in total. The third kappa shape index (κ3) is 5.31.